The molecule has 1 amide bonds. The first-order valence-electron chi connectivity index (χ1n) is 8.24. The quantitative estimate of drug-likeness (QED) is 0.747. The summed E-state index contributed by atoms with van der Waals surface area (Å²) >= 11 is 0. The lowest BCUT2D eigenvalue weighted by atomic mass is 10.1. The molecular weight excluding hydrogens is 328 g/mol. The van der Waals surface area contributed by atoms with Gasteiger partial charge in [0.15, 0.2) is 5.84 Å². The van der Waals surface area contributed by atoms with Crippen molar-refractivity contribution in [2.45, 2.75) is 30.7 Å². The molecule has 0 spiro atoms. The third-order valence-corrected chi connectivity index (χ3v) is 5.62. The number of benzene rings is 1. The Bertz CT molecular complexity index is 760. The second kappa shape index (κ2) is 6.90. The van der Waals surface area contributed by atoms with Gasteiger partial charge >= 0.3 is 0 Å². The average molecular weight is 350 g/mol. The Hall–Kier alpha value is -1.93. The number of rotatable bonds is 5. The molecule has 0 radical (unpaired) electrons. The van der Waals surface area contributed by atoms with Crippen LogP contribution < -0.4 is 10.6 Å². The van der Waals surface area contributed by atoms with E-state index in [1.54, 1.807) is 24.3 Å². The number of fused-ring (bicyclic) bond motifs is 1. The molecule has 3 rings (SSSR count). The minimum absolute atomic E-state index is 0.0742. The monoisotopic (exact) mass is 350 g/mol. The van der Waals surface area contributed by atoms with Gasteiger partial charge in [0.25, 0.3) is 10.0 Å². The van der Waals surface area contributed by atoms with Crippen molar-refractivity contribution in [3.63, 3.8) is 0 Å². The molecule has 0 bridgehead atoms. The number of carbonyl (C=O) groups is 1. The third-order valence-electron chi connectivity index (χ3n) is 4.29. The fourth-order valence-electron chi connectivity index (χ4n) is 3.16. The molecule has 8 heteroatoms. The van der Waals surface area contributed by atoms with Crippen molar-refractivity contribution in [3.8, 4) is 0 Å². The van der Waals surface area contributed by atoms with Crippen LogP contribution in [0.5, 0.6) is 0 Å². The van der Waals surface area contributed by atoms with Crippen molar-refractivity contribution in [3.05, 3.63) is 29.8 Å². The topological polar surface area (TPSA) is 90.9 Å². The molecule has 7 nitrogen and oxygen atoms in total. The summed E-state index contributed by atoms with van der Waals surface area (Å²) in [5.74, 6) is 0.324. The fourth-order valence-corrected chi connectivity index (χ4v) is 4.37. The van der Waals surface area contributed by atoms with E-state index < -0.39 is 10.0 Å². The number of likely N-dealkylation sites (tertiary alicyclic amines) is 1. The molecule has 24 heavy (non-hydrogen) atoms. The number of amidine groups is 1. The minimum atomic E-state index is -3.66. The van der Waals surface area contributed by atoms with Crippen molar-refractivity contribution in [2.75, 3.05) is 26.2 Å². The van der Waals surface area contributed by atoms with Gasteiger partial charge in [-0.15, -0.1) is 4.40 Å². The van der Waals surface area contributed by atoms with Gasteiger partial charge in [-0.3, -0.25) is 4.79 Å². The van der Waals surface area contributed by atoms with E-state index >= 15 is 0 Å². The SMILES string of the molecule is CCNCCNC(=O)C1CCCN1C1=NS(=O)(=O)c2ccccc21. The second-order valence-corrected chi connectivity index (χ2v) is 7.45. The third kappa shape index (κ3) is 3.16. The van der Waals surface area contributed by atoms with Crippen LogP contribution in [0, 0.1) is 0 Å². The van der Waals surface area contributed by atoms with Gasteiger partial charge in [-0.2, -0.15) is 8.42 Å². The van der Waals surface area contributed by atoms with Gasteiger partial charge in [-0.05, 0) is 31.5 Å². The van der Waals surface area contributed by atoms with E-state index in [2.05, 4.69) is 15.0 Å². The fraction of sp³-hybridized carbons (Fsp3) is 0.500. The highest BCUT2D eigenvalue weighted by Crippen LogP contribution is 2.31. The molecule has 130 valence electrons. The van der Waals surface area contributed by atoms with Crippen LogP contribution in [0.2, 0.25) is 0 Å². The van der Waals surface area contributed by atoms with E-state index in [1.807, 2.05) is 11.8 Å². The van der Waals surface area contributed by atoms with E-state index in [0.29, 0.717) is 37.5 Å². The molecule has 2 aliphatic rings. The van der Waals surface area contributed by atoms with Crippen molar-refractivity contribution in [1.29, 1.82) is 0 Å². The van der Waals surface area contributed by atoms with Crippen LogP contribution in [-0.4, -0.2) is 57.3 Å². The predicted octanol–water partition coefficient (Wildman–Crippen LogP) is 0.326. The summed E-state index contributed by atoms with van der Waals surface area (Å²) in [7, 11) is -3.66. The standard InChI is InChI=1S/C16H22N4O3S/c1-2-17-9-10-18-16(21)13-7-5-11-20(13)15-12-6-3-4-8-14(12)24(22,23)19-15/h3-4,6,8,13,17H,2,5,7,9-11H2,1H3,(H,18,21). The highest BCUT2D eigenvalue weighted by Gasteiger charge is 2.38. The maximum absolute atomic E-state index is 12.5. The van der Waals surface area contributed by atoms with Gasteiger partial charge < -0.3 is 15.5 Å². The summed E-state index contributed by atoms with van der Waals surface area (Å²) in [6.07, 6.45) is 1.54. The largest absolute Gasteiger partial charge is 0.353 e. The maximum atomic E-state index is 12.5. The number of nitrogens with one attached hydrogen (secondary N) is 2. The molecule has 1 unspecified atom stereocenters. The average Bonchev–Trinajstić information content (AvgIpc) is 3.15. The Morgan fingerprint density at radius 1 is 1.33 bits per heavy atom. The summed E-state index contributed by atoms with van der Waals surface area (Å²) in [5.41, 5.74) is 0.588. The first kappa shape index (κ1) is 16.9. The molecule has 1 aromatic rings. The highest BCUT2D eigenvalue weighted by molar-refractivity contribution is 7.90. The van der Waals surface area contributed by atoms with Gasteiger partial charge in [0.1, 0.15) is 10.9 Å². The number of nitrogens with zero attached hydrogens (tertiary/aromatic N) is 2. The second-order valence-electron chi connectivity index (χ2n) is 5.88. The summed E-state index contributed by atoms with van der Waals surface area (Å²) in [6, 6.07) is 6.41. The van der Waals surface area contributed by atoms with Crippen molar-refractivity contribution in [1.82, 2.24) is 15.5 Å². The first-order chi connectivity index (χ1) is 11.5. The van der Waals surface area contributed by atoms with Crippen molar-refractivity contribution >= 4 is 21.8 Å². The molecule has 2 heterocycles. The van der Waals surface area contributed by atoms with Crippen LogP contribution in [-0.2, 0) is 14.8 Å². The van der Waals surface area contributed by atoms with Gasteiger partial charge in [-0.1, -0.05) is 19.1 Å². The lowest BCUT2D eigenvalue weighted by Gasteiger charge is -2.25. The van der Waals surface area contributed by atoms with Gasteiger partial charge in [0.2, 0.25) is 5.91 Å². The lowest BCUT2D eigenvalue weighted by molar-refractivity contribution is -0.124. The number of likely N-dealkylation sites (N-methyl/N-ethyl adjacent to an activating group) is 1. The zero-order valence-corrected chi connectivity index (χ0v) is 14.5. The Morgan fingerprint density at radius 2 is 2.12 bits per heavy atom. The zero-order chi connectivity index (χ0) is 17.2. The molecule has 1 saturated heterocycles. The smallest absolute Gasteiger partial charge is 0.285 e. The van der Waals surface area contributed by atoms with Crippen LogP contribution in [0.1, 0.15) is 25.3 Å². The summed E-state index contributed by atoms with van der Waals surface area (Å²) in [5, 5.41) is 6.06. The first-order valence-corrected chi connectivity index (χ1v) is 9.68. The molecule has 2 aliphatic heterocycles. The maximum Gasteiger partial charge on any atom is 0.285 e. The number of hydrogen-bond donors (Lipinski definition) is 2. The highest BCUT2D eigenvalue weighted by atomic mass is 32.2. The summed E-state index contributed by atoms with van der Waals surface area (Å²) < 4.78 is 28.4. The summed E-state index contributed by atoms with van der Waals surface area (Å²) in [6.45, 7) is 4.77. The van der Waals surface area contributed by atoms with Gasteiger partial charge in [-0.25, -0.2) is 0 Å². The normalized spacial score (nSPS) is 21.5. The van der Waals surface area contributed by atoms with E-state index in [1.165, 1.54) is 0 Å². The van der Waals surface area contributed by atoms with Crippen molar-refractivity contribution < 1.29 is 13.2 Å². The van der Waals surface area contributed by atoms with Crippen molar-refractivity contribution in [2.24, 2.45) is 4.40 Å². The molecule has 1 atom stereocenters. The van der Waals surface area contributed by atoms with E-state index in [4.69, 9.17) is 0 Å². The van der Waals surface area contributed by atoms with Crippen LogP contribution >= 0.6 is 0 Å². The lowest BCUT2D eigenvalue weighted by Crippen LogP contribution is -2.47. The van der Waals surface area contributed by atoms with Crippen LogP contribution in [0.4, 0.5) is 0 Å². The Balaban J connectivity index is 1.78. The van der Waals surface area contributed by atoms with E-state index in [9.17, 15) is 13.2 Å². The number of hydrogen-bond acceptors (Lipinski definition) is 5. The Labute approximate surface area is 142 Å². The number of amides is 1. The number of sulfonamides is 1. The van der Waals surface area contributed by atoms with Gasteiger partial charge in [0, 0.05) is 25.2 Å². The van der Waals surface area contributed by atoms with Crippen LogP contribution in [0.25, 0.3) is 0 Å². The van der Waals surface area contributed by atoms with Crippen LogP contribution in [0.15, 0.2) is 33.6 Å². The molecule has 2 N–H and O–H groups in total. The van der Waals surface area contributed by atoms with E-state index in [-0.39, 0.29) is 16.8 Å². The zero-order valence-electron chi connectivity index (χ0n) is 13.7. The predicted molar refractivity (Wildman–Crippen MR) is 91.4 cm³/mol. The number of carbonyl (C=O) groups excluding carboxylic acids is 1. The molecule has 0 aliphatic carbocycles. The summed E-state index contributed by atoms with van der Waals surface area (Å²) in [4.78, 5) is 14.5. The van der Waals surface area contributed by atoms with E-state index in [0.717, 1.165) is 13.0 Å². The molecule has 1 fully saturated rings. The minimum Gasteiger partial charge on any atom is -0.353 e. The van der Waals surface area contributed by atoms with Crippen LogP contribution in [0.3, 0.4) is 0 Å². The molecule has 0 saturated carbocycles. The Morgan fingerprint density at radius 3 is 2.92 bits per heavy atom. The Kier molecular flexibility index (Phi) is 4.86. The molecule has 1 aromatic carbocycles. The molecule has 0 aromatic heterocycles. The van der Waals surface area contributed by atoms with Gasteiger partial charge in [0.05, 0.1) is 0 Å². The molecular formula is C16H22N4O3S.